The maximum absolute atomic E-state index is 5.34. The molecule has 0 aliphatic carbocycles. The van der Waals surface area contributed by atoms with Gasteiger partial charge in [-0.15, -0.1) is 0 Å². The van der Waals surface area contributed by atoms with Crippen molar-refractivity contribution in [1.82, 2.24) is 4.98 Å². The van der Waals surface area contributed by atoms with Gasteiger partial charge in [-0.3, -0.25) is 10.3 Å². The van der Waals surface area contributed by atoms with Crippen molar-refractivity contribution in [3.8, 4) is 17.0 Å². The van der Waals surface area contributed by atoms with Gasteiger partial charge in [0.05, 0.1) is 19.9 Å². The first-order chi connectivity index (χ1) is 9.74. The lowest BCUT2D eigenvalue weighted by molar-refractivity contribution is 0.271. The topological polar surface area (TPSA) is 43.4 Å². The zero-order valence-electron chi connectivity index (χ0n) is 12.7. The summed E-state index contributed by atoms with van der Waals surface area (Å²) in [5, 5.41) is 0. The molecule has 0 unspecified atom stereocenters. The fraction of sp³-hybridized carbons (Fsp3) is 0.312. The Morgan fingerprint density at radius 3 is 2.45 bits per heavy atom. The summed E-state index contributed by atoms with van der Waals surface area (Å²) in [6.45, 7) is 5.96. The van der Waals surface area contributed by atoms with Crippen molar-refractivity contribution in [2.45, 2.75) is 20.8 Å². The monoisotopic (exact) mass is 274 g/mol. The lowest BCUT2D eigenvalue weighted by Crippen LogP contribution is -1.97. The molecule has 0 aliphatic heterocycles. The minimum Gasteiger partial charge on any atom is -0.494 e. The first-order valence-corrected chi connectivity index (χ1v) is 6.65. The van der Waals surface area contributed by atoms with E-state index in [9.17, 15) is 0 Å². The summed E-state index contributed by atoms with van der Waals surface area (Å²) in [4.78, 5) is 9.42. The van der Waals surface area contributed by atoms with Crippen molar-refractivity contribution in [3.63, 3.8) is 0 Å². The minimum absolute atomic E-state index is 0.759. The molecular formula is C16H22N2O2. The van der Waals surface area contributed by atoms with Gasteiger partial charge in [-0.05, 0) is 31.2 Å². The molecule has 20 heavy (non-hydrogen) atoms. The van der Waals surface area contributed by atoms with Gasteiger partial charge in [0, 0.05) is 11.3 Å². The number of rotatable bonds is 4. The molecule has 0 saturated carbocycles. The van der Waals surface area contributed by atoms with E-state index in [1.54, 1.807) is 14.2 Å². The van der Waals surface area contributed by atoms with Crippen molar-refractivity contribution in [2.75, 3.05) is 19.7 Å². The maximum Gasteiger partial charge on any atom is 0.145 e. The van der Waals surface area contributed by atoms with E-state index in [1.807, 2.05) is 57.2 Å². The normalized spacial score (nSPS) is 9.45. The summed E-state index contributed by atoms with van der Waals surface area (Å²) in [7, 11) is 3.23. The summed E-state index contributed by atoms with van der Waals surface area (Å²) < 4.78 is 5.34. The van der Waals surface area contributed by atoms with Crippen molar-refractivity contribution < 1.29 is 9.57 Å². The third-order valence-corrected chi connectivity index (χ3v) is 2.57. The van der Waals surface area contributed by atoms with Crippen LogP contribution in [0.15, 0.2) is 36.4 Å². The van der Waals surface area contributed by atoms with E-state index in [0.29, 0.717) is 0 Å². The fourth-order valence-electron chi connectivity index (χ4n) is 1.76. The van der Waals surface area contributed by atoms with Crippen LogP contribution in [-0.4, -0.2) is 19.2 Å². The fourth-order valence-corrected chi connectivity index (χ4v) is 1.76. The number of pyridine rings is 1. The quantitative estimate of drug-likeness (QED) is 0.854. The molecule has 0 atom stereocenters. The average Bonchev–Trinajstić information content (AvgIpc) is 2.50. The Balaban J connectivity index is 0.000000956. The van der Waals surface area contributed by atoms with Gasteiger partial charge in [-0.1, -0.05) is 26.0 Å². The highest BCUT2D eigenvalue weighted by atomic mass is 16.6. The second-order valence-corrected chi connectivity index (χ2v) is 3.89. The molecule has 108 valence electrons. The van der Waals surface area contributed by atoms with E-state index in [0.717, 1.165) is 28.4 Å². The van der Waals surface area contributed by atoms with Crippen LogP contribution < -0.4 is 10.2 Å². The molecule has 1 aromatic heterocycles. The summed E-state index contributed by atoms with van der Waals surface area (Å²) in [6, 6.07) is 11.7. The molecule has 0 fully saturated rings. The molecule has 1 heterocycles. The second-order valence-electron chi connectivity index (χ2n) is 3.89. The molecule has 0 bridgehead atoms. The number of ether oxygens (including phenoxy) is 1. The number of nitrogens with one attached hydrogen (secondary N) is 1. The number of anilines is 1. The van der Waals surface area contributed by atoms with Gasteiger partial charge in [-0.25, -0.2) is 4.98 Å². The number of hydrogen-bond acceptors (Lipinski definition) is 4. The Labute approximate surface area is 120 Å². The minimum atomic E-state index is 0.759. The Morgan fingerprint density at radius 1 is 1.05 bits per heavy atom. The van der Waals surface area contributed by atoms with Crippen LogP contribution in [0.25, 0.3) is 11.3 Å². The van der Waals surface area contributed by atoms with Crippen molar-refractivity contribution in [2.24, 2.45) is 0 Å². The van der Waals surface area contributed by atoms with Gasteiger partial charge in [0.2, 0.25) is 0 Å². The second kappa shape index (κ2) is 8.17. The molecule has 1 aromatic carbocycles. The van der Waals surface area contributed by atoms with Crippen LogP contribution in [0.2, 0.25) is 0 Å². The van der Waals surface area contributed by atoms with Gasteiger partial charge in [0.15, 0.2) is 0 Å². The van der Waals surface area contributed by atoms with Gasteiger partial charge >= 0.3 is 0 Å². The summed E-state index contributed by atoms with van der Waals surface area (Å²) in [5.41, 5.74) is 6.45. The van der Waals surface area contributed by atoms with Gasteiger partial charge < -0.3 is 4.74 Å². The number of hydrogen-bond donors (Lipinski definition) is 1. The van der Waals surface area contributed by atoms with Crippen LogP contribution in [0.1, 0.15) is 19.5 Å². The van der Waals surface area contributed by atoms with E-state index >= 15 is 0 Å². The summed E-state index contributed by atoms with van der Waals surface area (Å²) in [5.74, 6) is 0.759. The highest BCUT2D eigenvalue weighted by Crippen LogP contribution is 2.29. The molecule has 0 spiro atoms. The first kappa shape index (κ1) is 16.0. The molecule has 0 aliphatic rings. The summed E-state index contributed by atoms with van der Waals surface area (Å²) in [6.07, 6.45) is 0. The van der Waals surface area contributed by atoms with E-state index in [2.05, 4.69) is 10.5 Å². The standard InChI is InChI=1S/C14H16N2O2.C2H6/c1-10-7-8-13(17-2)14(15-10)11-5-4-6-12(9-11)16-18-3;1-2/h4-9,16H,1-3H3;1-2H3. The van der Waals surface area contributed by atoms with E-state index in [4.69, 9.17) is 9.57 Å². The Bertz CT molecular complexity index is 542. The van der Waals surface area contributed by atoms with Gasteiger partial charge in [0.1, 0.15) is 11.4 Å². The lowest BCUT2D eigenvalue weighted by atomic mass is 10.1. The highest BCUT2D eigenvalue weighted by Gasteiger charge is 2.08. The van der Waals surface area contributed by atoms with Crippen molar-refractivity contribution >= 4 is 5.69 Å². The number of aryl methyl sites for hydroxylation is 1. The van der Waals surface area contributed by atoms with Crippen molar-refractivity contribution in [1.29, 1.82) is 0 Å². The summed E-state index contributed by atoms with van der Waals surface area (Å²) >= 11 is 0. The molecule has 4 heteroatoms. The Hall–Kier alpha value is -2.07. The number of nitrogens with zero attached hydrogens (tertiary/aromatic N) is 1. The SMILES string of the molecule is CC.CONc1cccc(-c2nc(C)ccc2OC)c1. The molecule has 4 nitrogen and oxygen atoms in total. The van der Waals surface area contributed by atoms with Gasteiger partial charge in [-0.2, -0.15) is 0 Å². The molecule has 2 aromatic rings. The zero-order chi connectivity index (χ0) is 15.0. The van der Waals surface area contributed by atoms with Crippen LogP contribution in [0.4, 0.5) is 5.69 Å². The third kappa shape index (κ3) is 3.96. The Morgan fingerprint density at radius 2 is 1.80 bits per heavy atom. The zero-order valence-corrected chi connectivity index (χ0v) is 12.7. The lowest BCUT2D eigenvalue weighted by Gasteiger charge is -2.10. The number of methoxy groups -OCH3 is 1. The molecule has 0 radical (unpaired) electrons. The molecule has 2 rings (SSSR count). The predicted octanol–water partition coefficient (Wildman–Crippen LogP) is 4.07. The van der Waals surface area contributed by atoms with Crippen LogP contribution in [-0.2, 0) is 4.84 Å². The first-order valence-electron chi connectivity index (χ1n) is 6.65. The predicted molar refractivity (Wildman–Crippen MR) is 82.9 cm³/mol. The van der Waals surface area contributed by atoms with Crippen LogP contribution in [0, 0.1) is 6.92 Å². The highest BCUT2D eigenvalue weighted by molar-refractivity contribution is 5.70. The maximum atomic E-state index is 5.34. The Kier molecular flexibility index (Phi) is 6.53. The molecule has 1 N–H and O–H groups in total. The van der Waals surface area contributed by atoms with Crippen LogP contribution >= 0.6 is 0 Å². The van der Waals surface area contributed by atoms with Crippen molar-refractivity contribution in [3.05, 3.63) is 42.1 Å². The average molecular weight is 274 g/mol. The largest absolute Gasteiger partial charge is 0.494 e. The van der Waals surface area contributed by atoms with Crippen LogP contribution in [0.3, 0.4) is 0 Å². The smallest absolute Gasteiger partial charge is 0.145 e. The molecular weight excluding hydrogens is 252 g/mol. The van der Waals surface area contributed by atoms with E-state index in [-0.39, 0.29) is 0 Å². The van der Waals surface area contributed by atoms with E-state index in [1.165, 1.54) is 0 Å². The molecule has 0 saturated heterocycles. The van der Waals surface area contributed by atoms with Crippen LogP contribution in [0.5, 0.6) is 5.75 Å². The number of benzene rings is 1. The van der Waals surface area contributed by atoms with Gasteiger partial charge in [0.25, 0.3) is 0 Å². The van der Waals surface area contributed by atoms with E-state index < -0.39 is 0 Å². The number of aromatic nitrogens is 1. The third-order valence-electron chi connectivity index (χ3n) is 2.57. The molecule has 0 amide bonds.